The van der Waals surface area contributed by atoms with Crippen LogP contribution in [0.15, 0.2) is 47.3 Å². The van der Waals surface area contributed by atoms with Crippen molar-refractivity contribution in [2.24, 2.45) is 7.05 Å². The minimum absolute atomic E-state index is 0.0761. The van der Waals surface area contributed by atoms with Crippen molar-refractivity contribution in [3.05, 3.63) is 80.9 Å². The summed E-state index contributed by atoms with van der Waals surface area (Å²) >= 11 is 0. The molecule has 2 aromatic carbocycles. The van der Waals surface area contributed by atoms with Gasteiger partial charge in [0.1, 0.15) is 11.4 Å². The lowest BCUT2D eigenvalue weighted by Gasteiger charge is -2.15. The highest BCUT2D eigenvalue weighted by molar-refractivity contribution is 6.00. The molecule has 0 aliphatic rings. The van der Waals surface area contributed by atoms with Crippen molar-refractivity contribution in [1.29, 1.82) is 0 Å². The standard InChI is InChI=1S/C20H16F4N2O2/c1-11-15-8-5-13(20(22,23)24)9-16(15)26(2)19(28)17(11)18(27)25-10-12-3-6-14(21)7-4-12/h3-9H,10H2,1-2H3,(H,25,27). The van der Waals surface area contributed by atoms with Crippen LogP contribution in [0.25, 0.3) is 10.9 Å². The van der Waals surface area contributed by atoms with Gasteiger partial charge >= 0.3 is 6.18 Å². The fraction of sp³-hybridized carbons (Fsp3) is 0.200. The van der Waals surface area contributed by atoms with Crippen LogP contribution in [0.3, 0.4) is 0 Å². The summed E-state index contributed by atoms with van der Waals surface area (Å²) in [6.45, 7) is 1.59. The number of amides is 1. The highest BCUT2D eigenvalue weighted by Crippen LogP contribution is 2.32. The van der Waals surface area contributed by atoms with Crippen LogP contribution >= 0.6 is 0 Å². The predicted molar refractivity (Wildman–Crippen MR) is 96.5 cm³/mol. The molecule has 1 heterocycles. The second kappa shape index (κ2) is 7.10. The van der Waals surface area contributed by atoms with Crippen molar-refractivity contribution in [2.45, 2.75) is 19.6 Å². The molecule has 0 spiro atoms. The number of nitrogens with zero attached hydrogens (tertiary/aromatic N) is 1. The molecular weight excluding hydrogens is 376 g/mol. The molecule has 3 rings (SSSR count). The number of hydrogen-bond acceptors (Lipinski definition) is 2. The van der Waals surface area contributed by atoms with Crippen LogP contribution in [0.2, 0.25) is 0 Å². The van der Waals surface area contributed by atoms with E-state index >= 15 is 0 Å². The Balaban J connectivity index is 2.00. The molecule has 0 fully saturated rings. The number of benzene rings is 2. The van der Waals surface area contributed by atoms with Gasteiger partial charge in [-0.05, 0) is 42.3 Å². The van der Waals surface area contributed by atoms with Gasteiger partial charge in [-0.1, -0.05) is 18.2 Å². The first kappa shape index (κ1) is 19.6. The number of rotatable bonds is 3. The smallest absolute Gasteiger partial charge is 0.348 e. The fourth-order valence-corrected chi connectivity index (χ4v) is 3.02. The van der Waals surface area contributed by atoms with E-state index in [-0.39, 0.29) is 17.6 Å². The van der Waals surface area contributed by atoms with Crippen LogP contribution in [0.1, 0.15) is 27.0 Å². The van der Waals surface area contributed by atoms with Gasteiger partial charge < -0.3 is 9.88 Å². The molecule has 0 saturated carbocycles. The van der Waals surface area contributed by atoms with Gasteiger partial charge in [0.15, 0.2) is 0 Å². The largest absolute Gasteiger partial charge is 0.416 e. The average molecular weight is 392 g/mol. The fourth-order valence-electron chi connectivity index (χ4n) is 3.02. The number of alkyl halides is 3. The van der Waals surface area contributed by atoms with E-state index in [2.05, 4.69) is 5.32 Å². The lowest BCUT2D eigenvalue weighted by molar-refractivity contribution is -0.137. The number of hydrogen-bond donors (Lipinski definition) is 1. The lowest BCUT2D eigenvalue weighted by Crippen LogP contribution is -2.33. The van der Waals surface area contributed by atoms with Gasteiger partial charge in [0.25, 0.3) is 11.5 Å². The summed E-state index contributed by atoms with van der Waals surface area (Å²) in [5.74, 6) is -1.06. The first-order chi connectivity index (χ1) is 13.1. The Kier molecular flexibility index (Phi) is 4.97. The molecular formula is C20H16F4N2O2. The van der Waals surface area contributed by atoms with Crippen LogP contribution in [-0.2, 0) is 19.8 Å². The first-order valence-corrected chi connectivity index (χ1v) is 8.33. The summed E-state index contributed by atoms with van der Waals surface area (Å²) < 4.78 is 52.9. The molecule has 8 heteroatoms. The average Bonchev–Trinajstić information content (AvgIpc) is 2.64. The number of halogens is 4. The number of aromatic nitrogens is 1. The minimum Gasteiger partial charge on any atom is -0.348 e. The van der Waals surface area contributed by atoms with E-state index < -0.39 is 29.0 Å². The summed E-state index contributed by atoms with van der Waals surface area (Å²) in [5, 5.41) is 2.97. The molecule has 1 aromatic heterocycles. The van der Waals surface area contributed by atoms with Crippen molar-refractivity contribution in [2.75, 3.05) is 0 Å². The van der Waals surface area contributed by atoms with Gasteiger partial charge in [0.2, 0.25) is 0 Å². The Morgan fingerprint density at radius 2 is 1.75 bits per heavy atom. The Bertz CT molecular complexity index is 1120. The molecule has 28 heavy (non-hydrogen) atoms. The van der Waals surface area contributed by atoms with Crippen LogP contribution in [-0.4, -0.2) is 10.5 Å². The summed E-state index contributed by atoms with van der Waals surface area (Å²) in [6.07, 6.45) is -4.54. The van der Waals surface area contributed by atoms with Crippen molar-refractivity contribution in [3.63, 3.8) is 0 Å². The van der Waals surface area contributed by atoms with Crippen molar-refractivity contribution in [1.82, 2.24) is 9.88 Å². The molecule has 0 bridgehead atoms. The van der Waals surface area contributed by atoms with Gasteiger partial charge in [-0.3, -0.25) is 9.59 Å². The maximum absolute atomic E-state index is 13.0. The van der Waals surface area contributed by atoms with Gasteiger partial charge in [-0.2, -0.15) is 13.2 Å². The molecule has 1 N–H and O–H groups in total. The van der Waals surface area contributed by atoms with E-state index in [1.807, 2.05) is 0 Å². The van der Waals surface area contributed by atoms with E-state index in [0.717, 1.165) is 16.7 Å². The number of fused-ring (bicyclic) bond motifs is 1. The summed E-state index contributed by atoms with van der Waals surface area (Å²) in [7, 11) is 1.32. The third-order valence-corrected chi connectivity index (χ3v) is 4.58. The third kappa shape index (κ3) is 3.62. The SMILES string of the molecule is Cc1c(C(=O)NCc2ccc(F)cc2)c(=O)n(C)c2cc(C(F)(F)F)ccc12. The maximum Gasteiger partial charge on any atom is 0.416 e. The monoisotopic (exact) mass is 392 g/mol. The van der Waals surface area contributed by atoms with Crippen LogP contribution < -0.4 is 10.9 Å². The third-order valence-electron chi connectivity index (χ3n) is 4.58. The van der Waals surface area contributed by atoms with Gasteiger partial charge in [0.05, 0.1) is 11.1 Å². The quantitative estimate of drug-likeness (QED) is 0.687. The molecule has 0 atom stereocenters. The van der Waals surface area contributed by atoms with Crippen LogP contribution in [0.4, 0.5) is 17.6 Å². The summed E-state index contributed by atoms with van der Waals surface area (Å²) in [5.41, 5.74) is -0.684. The summed E-state index contributed by atoms with van der Waals surface area (Å²) in [4.78, 5) is 25.2. The zero-order chi connectivity index (χ0) is 20.6. The zero-order valence-electron chi connectivity index (χ0n) is 15.0. The Hall–Kier alpha value is -3.16. The highest BCUT2D eigenvalue weighted by atomic mass is 19.4. The van der Waals surface area contributed by atoms with Gasteiger partial charge in [-0.25, -0.2) is 4.39 Å². The van der Waals surface area contributed by atoms with Crippen LogP contribution in [0, 0.1) is 12.7 Å². The molecule has 4 nitrogen and oxygen atoms in total. The first-order valence-electron chi connectivity index (χ1n) is 8.33. The lowest BCUT2D eigenvalue weighted by atomic mass is 10.0. The molecule has 0 saturated heterocycles. The highest BCUT2D eigenvalue weighted by Gasteiger charge is 2.31. The molecule has 0 radical (unpaired) electrons. The maximum atomic E-state index is 13.0. The van der Waals surface area contributed by atoms with E-state index in [1.165, 1.54) is 44.3 Å². The van der Waals surface area contributed by atoms with Crippen LogP contribution in [0.5, 0.6) is 0 Å². The Morgan fingerprint density at radius 3 is 2.36 bits per heavy atom. The van der Waals surface area contributed by atoms with Gasteiger partial charge in [-0.15, -0.1) is 0 Å². The topological polar surface area (TPSA) is 51.1 Å². The van der Waals surface area contributed by atoms with E-state index in [4.69, 9.17) is 0 Å². The number of pyridine rings is 1. The van der Waals surface area contributed by atoms with Crippen molar-refractivity contribution < 1.29 is 22.4 Å². The number of nitrogens with one attached hydrogen (secondary N) is 1. The Morgan fingerprint density at radius 1 is 1.11 bits per heavy atom. The number of carbonyl (C=O) groups is 1. The van der Waals surface area contributed by atoms with Crippen molar-refractivity contribution >= 4 is 16.8 Å². The number of carbonyl (C=O) groups excluding carboxylic acids is 1. The number of aryl methyl sites for hydroxylation is 2. The Labute approximate surface area is 157 Å². The normalized spacial score (nSPS) is 11.6. The molecule has 0 aliphatic heterocycles. The van der Waals surface area contributed by atoms with Gasteiger partial charge in [0, 0.05) is 19.0 Å². The summed E-state index contributed by atoms with van der Waals surface area (Å²) in [6, 6.07) is 8.56. The molecule has 146 valence electrons. The zero-order valence-corrected chi connectivity index (χ0v) is 15.0. The van der Waals surface area contributed by atoms with E-state index in [9.17, 15) is 27.2 Å². The van der Waals surface area contributed by atoms with Crippen molar-refractivity contribution in [3.8, 4) is 0 Å². The predicted octanol–water partition coefficient (Wildman–Crippen LogP) is 3.93. The van der Waals surface area contributed by atoms with E-state index in [1.54, 1.807) is 0 Å². The molecule has 3 aromatic rings. The molecule has 0 aliphatic carbocycles. The minimum atomic E-state index is -4.54. The second-order valence-corrected chi connectivity index (χ2v) is 6.40. The van der Waals surface area contributed by atoms with E-state index in [0.29, 0.717) is 16.5 Å². The molecule has 0 unspecified atom stereocenters. The second-order valence-electron chi connectivity index (χ2n) is 6.40. The molecule has 1 amide bonds.